The first kappa shape index (κ1) is 15.5. The fourth-order valence-corrected chi connectivity index (χ4v) is 2.41. The lowest BCUT2D eigenvalue weighted by atomic mass is 10.2. The lowest BCUT2D eigenvalue weighted by Crippen LogP contribution is -2.40. The highest BCUT2D eigenvalue weighted by Gasteiger charge is 2.26. The lowest BCUT2D eigenvalue weighted by Gasteiger charge is -2.22. The van der Waals surface area contributed by atoms with E-state index in [2.05, 4.69) is 16.3 Å². The molecule has 1 heterocycles. The average Bonchev–Trinajstić information content (AvgIpc) is 2.78. The Morgan fingerprint density at radius 3 is 2.76 bits per heavy atom. The topological polar surface area (TPSA) is 67.6 Å². The number of rotatable bonds is 2. The molecule has 1 unspecified atom stereocenters. The maximum Gasteiger partial charge on any atom is 0.407 e. The van der Waals surface area contributed by atoms with Crippen molar-refractivity contribution in [3.63, 3.8) is 0 Å². The van der Waals surface area contributed by atoms with Crippen LogP contribution in [0.4, 0.5) is 16.2 Å². The van der Waals surface area contributed by atoms with Crippen LogP contribution in [-0.4, -0.2) is 30.8 Å². The molecule has 1 saturated heterocycles. The van der Waals surface area contributed by atoms with Crippen LogP contribution in [0.5, 0.6) is 0 Å². The van der Waals surface area contributed by atoms with Crippen LogP contribution in [0.1, 0.15) is 32.8 Å². The highest BCUT2D eigenvalue weighted by molar-refractivity contribution is 5.68. The summed E-state index contributed by atoms with van der Waals surface area (Å²) in [5.41, 5.74) is 8.48. The third-order valence-electron chi connectivity index (χ3n) is 3.54. The molecule has 1 aliphatic rings. The molecule has 3 N–H and O–H groups in total. The number of ether oxygens (including phenoxy) is 1. The number of carbonyl (C=O) groups is 1. The van der Waals surface area contributed by atoms with E-state index in [4.69, 9.17) is 10.5 Å². The van der Waals surface area contributed by atoms with Crippen molar-refractivity contribution in [1.82, 2.24) is 5.32 Å². The number of alkyl carbamates (subject to hydrolysis) is 1. The van der Waals surface area contributed by atoms with Gasteiger partial charge in [-0.1, -0.05) is 6.07 Å². The summed E-state index contributed by atoms with van der Waals surface area (Å²) in [7, 11) is 0. The third-order valence-corrected chi connectivity index (χ3v) is 3.54. The van der Waals surface area contributed by atoms with E-state index in [1.807, 2.05) is 39.8 Å². The molecule has 0 saturated carbocycles. The van der Waals surface area contributed by atoms with Gasteiger partial charge in [-0.3, -0.25) is 0 Å². The number of nitrogens with one attached hydrogen (secondary N) is 1. The summed E-state index contributed by atoms with van der Waals surface area (Å²) in [6.07, 6.45) is 0.560. The predicted octanol–water partition coefficient (Wildman–Crippen LogP) is 2.68. The molecular formula is C16H25N3O2. The zero-order valence-corrected chi connectivity index (χ0v) is 13.3. The molecule has 116 valence electrons. The quantitative estimate of drug-likeness (QED) is 0.822. The molecule has 0 aromatic heterocycles. The molecule has 1 aromatic carbocycles. The van der Waals surface area contributed by atoms with Crippen LogP contribution in [0.25, 0.3) is 0 Å². The summed E-state index contributed by atoms with van der Waals surface area (Å²) in [4.78, 5) is 14.0. The van der Waals surface area contributed by atoms with Gasteiger partial charge >= 0.3 is 6.09 Å². The van der Waals surface area contributed by atoms with Crippen LogP contribution < -0.4 is 16.0 Å². The third kappa shape index (κ3) is 4.28. The predicted molar refractivity (Wildman–Crippen MR) is 85.6 cm³/mol. The molecule has 5 heteroatoms. The van der Waals surface area contributed by atoms with Gasteiger partial charge in [0.25, 0.3) is 0 Å². The van der Waals surface area contributed by atoms with Crippen molar-refractivity contribution in [3.8, 4) is 0 Å². The average molecular weight is 291 g/mol. The highest BCUT2D eigenvalue weighted by Crippen LogP contribution is 2.24. The van der Waals surface area contributed by atoms with Gasteiger partial charge in [0.1, 0.15) is 5.60 Å². The first-order valence-corrected chi connectivity index (χ1v) is 7.35. The molecule has 1 amide bonds. The van der Waals surface area contributed by atoms with E-state index in [1.54, 1.807) is 0 Å². The minimum absolute atomic E-state index is 0.113. The lowest BCUT2D eigenvalue weighted by molar-refractivity contribution is 0.0509. The van der Waals surface area contributed by atoms with Crippen molar-refractivity contribution in [2.75, 3.05) is 23.7 Å². The second kappa shape index (κ2) is 5.84. The minimum Gasteiger partial charge on any atom is -0.444 e. The number of anilines is 2. The smallest absolute Gasteiger partial charge is 0.407 e. The molecule has 0 spiro atoms. The molecule has 1 atom stereocenters. The normalized spacial score (nSPS) is 18.7. The second-order valence-electron chi connectivity index (χ2n) is 6.62. The Balaban J connectivity index is 1.91. The number of benzene rings is 1. The van der Waals surface area contributed by atoms with E-state index < -0.39 is 5.60 Å². The zero-order chi connectivity index (χ0) is 15.6. The van der Waals surface area contributed by atoms with Crippen molar-refractivity contribution >= 4 is 17.5 Å². The SMILES string of the molecule is Cc1ccc(N2CCC(NC(=O)OC(C)(C)C)C2)cc1N. The van der Waals surface area contributed by atoms with Crippen molar-refractivity contribution in [1.29, 1.82) is 0 Å². The largest absolute Gasteiger partial charge is 0.444 e. The first-order valence-electron chi connectivity index (χ1n) is 7.35. The number of aryl methyl sites for hydroxylation is 1. The Bertz CT molecular complexity index is 523. The van der Waals surface area contributed by atoms with E-state index in [0.29, 0.717) is 0 Å². The van der Waals surface area contributed by atoms with Gasteiger partial charge in [-0.05, 0) is 51.8 Å². The van der Waals surface area contributed by atoms with Crippen molar-refractivity contribution in [3.05, 3.63) is 23.8 Å². The maximum atomic E-state index is 11.8. The van der Waals surface area contributed by atoms with Crippen molar-refractivity contribution in [2.45, 2.75) is 45.8 Å². The molecule has 2 rings (SSSR count). The van der Waals surface area contributed by atoms with Gasteiger partial charge in [0.2, 0.25) is 0 Å². The second-order valence-corrected chi connectivity index (χ2v) is 6.62. The van der Waals surface area contributed by atoms with Gasteiger partial charge in [-0.15, -0.1) is 0 Å². The van der Waals surface area contributed by atoms with Crippen LogP contribution in [0.3, 0.4) is 0 Å². The van der Waals surface area contributed by atoms with Gasteiger partial charge in [-0.25, -0.2) is 4.79 Å². The molecule has 1 aromatic rings. The molecule has 1 aliphatic heterocycles. The fourth-order valence-electron chi connectivity index (χ4n) is 2.41. The summed E-state index contributed by atoms with van der Waals surface area (Å²) in [5, 5.41) is 2.93. The Morgan fingerprint density at radius 1 is 1.43 bits per heavy atom. The summed E-state index contributed by atoms with van der Waals surface area (Å²) in [6.45, 7) is 9.27. The number of nitrogens with zero attached hydrogens (tertiary/aromatic N) is 1. The first-order chi connectivity index (χ1) is 9.74. The van der Waals surface area contributed by atoms with Crippen LogP contribution >= 0.6 is 0 Å². The van der Waals surface area contributed by atoms with Crippen molar-refractivity contribution < 1.29 is 9.53 Å². The summed E-state index contributed by atoms with van der Waals surface area (Å²) in [5.74, 6) is 0. The maximum absolute atomic E-state index is 11.8. The van der Waals surface area contributed by atoms with Crippen LogP contribution in [0, 0.1) is 6.92 Å². The Morgan fingerprint density at radius 2 is 2.14 bits per heavy atom. The molecule has 0 aliphatic carbocycles. The van der Waals surface area contributed by atoms with Crippen LogP contribution in [-0.2, 0) is 4.74 Å². The minimum atomic E-state index is -0.465. The number of nitrogen functional groups attached to an aromatic ring is 1. The number of nitrogens with two attached hydrogens (primary N) is 1. The molecule has 5 nitrogen and oxygen atoms in total. The Labute approximate surface area is 126 Å². The summed E-state index contributed by atoms with van der Waals surface area (Å²) >= 11 is 0. The molecular weight excluding hydrogens is 266 g/mol. The van der Waals surface area contributed by atoms with Gasteiger partial charge in [0, 0.05) is 24.5 Å². The Kier molecular flexibility index (Phi) is 4.30. The van der Waals surface area contributed by atoms with Crippen molar-refractivity contribution in [2.24, 2.45) is 0 Å². The monoisotopic (exact) mass is 291 g/mol. The summed E-state index contributed by atoms with van der Waals surface area (Å²) < 4.78 is 5.29. The molecule has 0 bridgehead atoms. The molecule has 1 fully saturated rings. The van der Waals surface area contributed by atoms with E-state index >= 15 is 0 Å². The zero-order valence-electron chi connectivity index (χ0n) is 13.3. The van der Waals surface area contributed by atoms with E-state index in [1.165, 1.54) is 0 Å². The number of hydrogen-bond donors (Lipinski definition) is 2. The van der Waals surface area contributed by atoms with Gasteiger partial charge in [0.05, 0.1) is 6.04 Å². The number of carbonyl (C=O) groups excluding carboxylic acids is 1. The fraction of sp³-hybridized carbons (Fsp3) is 0.562. The number of hydrogen-bond acceptors (Lipinski definition) is 4. The van der Waals surface area contributed by atoms with Crippen LogP contribution in [0.15, 0.2) is 18.2 Å². The number of amides is 1. The van der Waals surface area contributed by atoms with E-state index in [-0.39, 0.29) is 12.1 Å². The van der Waals surface area contributed by atoms with E-state index in [0.717, 1.165) is 36.4 Å². The summed E-state index contributed by atoms with van der Waals surface area (Å²) in [6, 6.07) is 6.20. The van der Waals surface area contributed by atoms with E-state index in [9.17, 15) is 4.79 Å². The highest BCUT2D eigenvalue weighted by atomic mass is 16.6. The molecule has 21 heavy (non-hydrogen) atoms. The van der Waals surface area contributed by atoms with Gasteiger partial charge in [-0.2, -0.15) is 0 Å². The Hall–Kier alpha value is -1.91. The standard InChI is InChI=1S/C16H25N3O2/c1-11-5-6-13(9-14(11)17)19-8-7-12(10-19)18-15(20)21-16(2,3)4/h5-6,9,12H,7-8,10,17H2,1-4H3,(H,18,20). The van der Waals surface area contributed by atoms with Gasteiger partial charge < -0.3 is 20.7 Å². The van der Waals surface area contributed by atoms with Gasteiger partial charge in [0.15, 0.2) is 0 Å². The molecule has 0 radical (unpaired) electrons. The van der Waals surface area contributed by atoms with Crippen LogP contribution in [0.2, 0.25) is 0 Å².